The number of benzene rings is 1. The zero-order chi connectivity index (χ0) is 9.26. The molecule has 0 aliphatic rings. The predicted octanol–water partition coefficient (Wildman–Crippen LogP) is 2.81. The highest BCUT2D eigenvalue weighted by Crippen LogP contribution is 2.27. The summed E-state index contributed by atoms with van der Waals surface area (Å²) < 4.78 is 6.06. The maximum atomic E-state index is 5.10. The van der Waals surface area contributed by atoms with Gasteiger partial charge in [-0.1, -0.05) is 11.6 Å². The van der Waals surface area contributed by atoms with E-state index in [-0.39, 0.29) is 0 Å². The molecular formula is C9H7BrN2O. The summed E-state index contributed by atoms with van der Waals surface area (Å²) in [6.45, 7) is 2.02. The van der Waals surface area contributed by atoms with Crippen LogP contribution in [0.2, 0.25) is 0 Å². The summed E-state index contributed by atoms with van der Waals surface area (Å²) in [5, 5.41) is 7.47. The molecule has 0 fully saturated rings. The molecule has 1 heterocycles. The standard InChI is InChI=1S/C9H7BrN2O/c1-6-2-3-8(10)7(4-6)9-12-11-5-13-9/h2-5H,1H3. The maximum absolute atomic E-state index is 5.10. The second kappa shape index (κ2) is 3.30. The van der Waals surface area contributed by atoms with Crippen LogP contribution in [0, 0.1) is 6.92 Å². The van der Waals surface area contributed by atoms with Crippen molar-refractivity contribution in [3.63, 3.8) is 0 Å². The molecule has 3 nitrogen and oxygen atoms in total. The molecule has 0 bridgehead atoms. The summed E-state index contributed by atoms with van der Waals surface area (Å²) in [6, 6.07) is 5.98. The Morgan fingerprint density at radius 2 is 2.23 bits per heavy atom. The first-order chi connectivity index (χ1) is 6.27. The Hall–Kier alpha value is -1.16. The van der Waals surface area contributed by atoms with Crippen molar-refractivity contribution in [1.29, 1.82) is 0 Å². The first kappa shape index (κ1) is 8.44. The lowest BCUT2D eigenvalue weighted by molar-refractivity contribution is 0.568. The van der Waals surface area contributed by atoms with Crippen LogP contribution in [0.25, 0.3) is 11.5 Å². The van der Waals surface area contributed by atoms with Gasteiger partial charge in [-0.15, -0.1) is 10.2 Å². The Balaban J connectivity index is 2.57. The molecule has 0 N–H and O–H groups in total. The largest absolute Gasteiger partial charge is 0.423 e. The van der Waals surface area contributed by atoms with Crippen molar-refractivity contribution in [2.45, 2.75) is 6.92 Å². The van der Waals surface area contributed by atoms with Gasteiger partial charge in [0.05, 0.1) is 5.56 Å². The molecule has 0 atom stereocenters. The van der Waals surface area contributed by atoms with E-state index in [1.807, 2.05) is 25.1 Å². The van der Waals surface area contributed by atoms with E-state index in [0.29, 0.717) is 5.89 Å². The first-order valence-corrected chi connectivity index (χ1v) is 4.59. The number of rotatable bonds is 1. The van der Waals surface area contributed by atoms with E-state index in [1.165, 1.54) is 6.39 Å². The third kappa shape index (κ3) is 1.62. The molecule has 66 valence electrons. The second-order valence-corrected chi connectivity index (χ2v) is 3.58. The van der Waals surface area contributed by atoms with Crippen LogP contribution in [-0.2, 0) is 0 Å². The lowest BCUT2D eigenvalue weighted by Gasteiger charge is -1.99. The zero-order valence-electron chi connectivity index (χ0n) is 6.99. The van der Waals surface area contributed by atoms with E-state index < -0.39 is 0 Å². The van der Waals surface area contributed by atoms with Gasteiger partial charge in [-0.25, -0.2) is 0 Å². The molecule has 0 saturated carbocycles. The third-order valence-corrected chi connectivity index (χ3v) is 2.40. The van der Waals surface area contributed by atoms with Gasteiger partial charge in [0.25, 0.3) is 0 Å². The van der Waals surface area contributed by atoms with Gasteiger partial charge in [0, 0.05) is 4.47 Å². The van der Waals surface area contributed by atoms with Crippen LogP contribution < -0.4 is 0 Å². The SMILES string of the molecule is Cc1ccc(Br)c(-c2nnco2)c1. The highest BCUT2D eigenvalue weighted by molar-refractivity contribution is 9.10. The highest BCUT2D eigenvalue weighted by Gasteiger charge is 2.07. The van der Waals surface area contributed by atoms with Crippen molar-refractivity contribution in [1.82, 2.24) is 10.2 Å². The summed E-state index contributed by atoms with van der Waals surface area (Å²) in [6.07, 6.45) is 1.32. The molecule has 1 aromatic carbocycles. The van der Waals surface area contributed by atoms with Crippen molar-refractivity contribution < 1.29 is 4.42 Å². The molecule has 0 aliphatic carbocycles. The number of hydrogen-bond acceptors (Lipinski definition) is 3. The van der Waals surface area contributed by atoms with Crippen LogP contribution >= 0.6 is 15.9 Å². The van der Waals surface area contributed by atoms with E-state index in [2.05, 4.69) is 26.1 Å². The number of nitrogens with zero attached hydrogens (tertiary/aromatic N) is 2. The lowest BCUT2D eigenvalue weighted by atomic mass is 10.1. The molecule has 4 heteroatoms. The number of halogens is 1. The minimum absolute atomic E-state index is 0.538. The smallest absolute Gasteiger partial charge is 0.248 e. The number of hydrogen-bond donors (Lipinski definition) is 0. The van der Waals surface area contributed by atoms with E-state index in [0.717, 1.165) is 15.6 Å². The Bertz CT molecular complexity index is 412. The molecule has 0 saturated heterocycles. The van der Waals surface area contributed by atoms with E-state index in [4.69, 9.17) is 4.42 Å². The molecular weight excluding hydrogens is 232 g/mol. The topological polar surface area (TPSA) is 38.9 Å². The summed E-state index contributed by atoms with van der Waals surface area (Å²) in [5.41, 5.74) is 2.09. The maximum Gasteiger partial charge on any atom is 0.248 e. The van der Waals surface area contributed by atoms with Gasteiger partial charge in [-0.05, 0) is 35.0 Å². The number of aromatic nitrogens is 2. The fourth-order valence-corrected chi connectivity index (χ4v) is 1.51. The summed E-state index contributed by atoms with van der Waals surface area (Å²) in [4.78, 5) is 0. The second-order valence-electron chi connectivity index (χ2n) is 2.73. The van der Waals surface area contributed by atoms with Crippen LogP contribution in [0.15, 0.2) is 33.5 Å². The molecule has 2 aromatic rings. The van der Waals surface area contributed by atoms with Crippen molar-refractivity contribution in [3.8, 4) is 11.5 Å². The van der Waals surface area contributed by atoms with Crippen molar-refractivity contribution in [2.75, 3.05) is 0 Å². The van der Waals surface area contributed by atoms with Crippen molar-refractivity contribution in [2.24, 2.45) is 0 Å². The average Bonchev–Trinajstić information content (AvgIpc) is 2.61. The minimum atomic E-state index is 0.538. The van der Waals surface area contributed by atoms with Gasteiger partial charge < -0.3 is 4.42 Å². The predicted molar refractivity (Wildman–Crippen MR) is 52.2 cm³/mol. The van der Waals surface area contributed by atoms with Crippen molar-refractivity contribution in [3.05, 3.63) is 34.6 Å². The van der Waals surface area contributed by atoms with E-state index in [9.17, 15) is 0 Å². The van der Waals surface area contributed by atoms with Crippen LogP contribution in [0.1, 0.15) is 5.56 Å². The molecule has 0 unspecified atom stereocenters. The van der Waals surface area contributed by atoms with Gasteiger partial charge in [-0.3, -0.25) is 0 Å². The van der Waals surface area contributed by atoms with Crippen LogP contribution in [0.4, 0.5) is 0 Å². The van der Waals surface area contributed by atoms with E-state index in [1.54, 1.807) is 0 Å². The quantitative estimate of drug-likeness (QED) is 0.767. The van der Waals surface area contributed by atoms with Gasteiger partial charge in [0.15, 0.2) is 0 Å². The Labute approximate surface area is 83.9 Å². The highest BCUT2D eigenvalue weighted by atomic mass is 79.9. The monoisotopic (exact) mass is 238 g/mol. The number of aryl methyl sites for hydroxylation is 1. The molecule has 0 aliphatic heterocycles. The lowest BCUT2D eigenvalue weighted by Crippen LogP contribution is -1.81. The van der Waals surface area contributed by atoms with Crippen LogP contribution in [0.5, 0.6) is 0 Å². The van der Waals surface area contributed by atoms with Crippen molar-refractivity contribution >= 4 is 15.9 Å². The molecule has 2 rings (SSSR count). The minimum Gasteiger partial charge on any atom is -0.423 e. The fourth-order valence-electron chi connectivity index (χ4n) is 1.09. The Morgan fingerprint density at radius 1 is 1.38 bits per heavy atom. The molecule has 0 radical (unpaired) electrons. The Kier molecular flexibility index (Phi) is 2.14. The normalized spacial score (nSPS) is 10.3. The van der Waals surface area contributed by atoms with Crippen LogP contribution in [-0.4, -0.2) is 10.2 Å². The zero-order valence-corrected chi connectivity index (χ0v) is 8.58. The van der Waals surface area contributed by atoms with Crippen LogP contribution in [0.3, 0.4) is 0 Å². The molecule has 0 amide bonds. The third-order valence-electron chi connectivity index (χ3n) is 1.71. The first-order valence-electron chi connectivity index (χ1n) is 3.80. The van der Waals surface area contributed by atoms with Gasteiger partial charge in [0.2, 0.25) is 12.3 Å². The molecule has 0 spiro atoms. The van der Waals surface area contributed by atoms with Gasteiger partial charge >= 0.3 is 0 Å². The van der Waals surface area contributed by atoms with E-state index >= 15 is 0 Å². The van der Waals surface area contributed by atoms with Gasteiger partial charge in [0.1, 0.15) is 0 Å². The summed E-state index contributed by atoms with van der Waals surface area (Å²) >= 11 is 3.42. The summed E-state index contributed by atoms with van der Waals surface area (Å²) in [5.74, 6) is 0.538. The molecule has 13 heavy (non-hydrogen) atoms. The molecule has 1 aromatic heterocycles. The Morgan fingerprint density at radius 3 is 2.92 bits per heavy atom. The summed E-state index contributed by atoms with van der Waals surface area (Å²) in [7, 11) is 0. The fraction of sp³-hybridized carbons (Fsp3) is 0.111. The van der Waals surface area contributed by atoms with Gasteiger partial charge in [-0.2, -0.15) is 0 Å². The average molecular weight is 239 g/mol.